The predicted molar refractivity (Wildman–Crippen MR) is 173 cm³/mol. The van der Waals surface area contributed by atoms with Gasteiger partial charge in [0.05, 0.1) is 17.2 Å². The van der Waals surface area contributed by atoms with E-state index in [1.165, 1.54) is 29.2 Å². The van der Waals surface area contributed by atoms with E-state index in [-0.39, 0.29) is 29.5 Å². The van der Waals surface area contributed by atoms with Crippen LogP contribution < -0.4 is 14.4 Å². The van der Waals surface area contributed by atoms with Gasteiger partial charge in [-0.25, -0.2) is 8.42 Å². The van der Waals surface area contributed by atoms with Crippen molar-refractivity contribution >= 4 is 62.3 Å². The second-order valence-electron chi connectivity index (χ2n) is 9.68. The van der Waals surface area contributed by atoms with Gasteiger partial charge in [0.15, 0.2) is 0 Å². The van der Waals surface area contributed by atoms with E-state index in [1.807, 2.05) is 13.8 Å². The molecule has 2 amide bonds. The molecule has 0 radical (unpaired) electrons. The highest BCUT2D eigenvalue weighted by Gasteiger charge is 2.34. The Morgan fingerprint density at radius 2 is 1.53 bits per heavy atom. The van der Waals surface area contributed by atoms with Crippen LogP contribution in [-0.4, -0.2) is 50.9 Å². The molecular weight excluding hydrogens is 633 g/mol. The van der Waals surface area contributed by atoms with Gasteiger partial charge in [-0.15, -0.1) is 0 Å². The number of amides is 2. The van der Waals surface area contributed by atoms with Gasteiger partial charge in [-0.3, -0.25) is 13.9 Å². The molecule has 0 aromatic heterocycles. The molecule has 1 atom stereocenters. The van der Waals surface area contributed by atoms with Crippen molar-refractivity contribution in [2.75, 3.05) is 24.0 Å². The summed E-state index contributed by atoms with van der Waals surface area (Å²) in [4.78, 5) is 28.8. The Balaban J connectivity index is 2.08. The van der Waals surface area contributed by atoms with Crippen LogP contribution in [0.4, 0.5) is 5.69 Å². The number of ether oxygens (including phenoxy) is 1. The van der Waals surface area contributed by atoms with Crippen molar-refractivity contribution in [3.8, 4) is 5.75 Å². The van der Waals surface area contributed by atoms with E-state index < -0.39 is 28.5 Å². The lowest BCUT2D eigenvalue weighted by Crippen LogP contribution is -2.52. The van der Waals surface area contributed by atoms with Gasteiger partial charge in [0.25, 0.3) is 10.0 Å². The molecule has 0 fully saturated rings. The standard InChI is InChI=1S/C31H36Cl3N3O5S/c1-4-7-19-35-31(39)29(5-2)36(20-26-27(33)9-8-10-28(26)34)30(38)21-37(23-13-15-24(16-14-23)42-6-3)43(40,41)25-17-11-22(32)12-18-25/h8-18,29H,4-7,19-21H2,1-3H3,(H,35,39)/t29-/m1/s1. The first-order chi connectivity index (χ1) is 20.5. The minimum Gasteiger partial charge on any atom is -0.494 e. The number of unbranched alkanes of at least 4 members (excludes halogenated alkanes) is 1. The minimum atomic E-state index is -4.25. The van der Waals surface area contributed by atoms with Crippen molar-refractivity contribution in [1.82, 2.24) is 10.2 Å². The lowest BCUT2D eigenvalue weighted by atomic mass is 10.1. The van der Waals surface area contributed by atoms with Crippen molar-refractivity contribution in [2.45, 2.75) is 57.5 Å². The lowest BCUT2D eigenvalue weighted by molar-refractivity contribution is -0.140. The quantitative estimate of drug-likeness (QED) is 0.177. The van der Waals surface area contributed by atoms with Gasteiger partial charge in [-0.2, -0.15) is 0 Å². The number of hydrogen-bond donors (Lipinski definition) is 1. The molecule has 0 heterocycles. The average molecular weight is 669 g/mol. The zero-order chi connectivity index (χ0) is 31.6. The minimum absolute atomic E-state index is 0.0522. The number of nitrogens with one attached hydrogen (secondary N) is 1. The van der Waals surface area contributed by atoms with Gasteiger partial charge >= 0.3 is 0 Å². The van der Waals surface area contributed by atoms with Gasteiger partial charge in [-0.05, 0) is 80.4 Å². The highest BCUT2D eigenvalue weighted by Crippen LogP contribution is 2.30. The first-order valence-electron chi connectivity index (χ1n) is 14.0. The number of sulfonamides is 1. The fourth-order valence-corrected chi connectivity index (χ4v) is 6.47. The summed E-state index contributed by atoms with van der Waals surface area (Å²) in [6.07, 6.45) is 1.94. The summed E-state index contributed by atoms with van der Waals surface area (Å²) in [7, 11) is -4.25. The maximum Gasteiger partial charge on any atom is 0.264 e. The second kappa shape index (κ2) is 16.2. The van der Waals surface area contributed by atoms with Crippen molar-refractivity contribution in [2.24, 2.45) is 0 Å². The van der Waals surface area contributed by atoms with E-state index in [1.54, 1.807) is 49.4 Å². The van der Waals surface area contributed by atoms with Crippen LogP contribution >= 0.6 is 34.8 Å². The number of carbonyl (C=O) groups excluding carboxylic acids is 2. The van der Waals surface area contributed by atoms with Crippen molar-refractivity contribution < 1.29 is 22.7 Å². The van der Waals surface area contributed by atoms with Crippen LogP contribution in [0.15, 0.2) is 71.6 Å². The van der Waals surface area contributed by atoms with Crippen molar-refractivity contribution in [1.29, 1.82) is 0 Å². The number of halogens is 3. The summed E-state index contributed by atoms with van der Waals surface area (Å²) >= 11 is 18.9. The van der Waals surface area contributed by atoms with Crippen LogP contribution in [0.2, 0.25) is 15.1 Å². The third-order valence-corrected chi connectivity index (χ3v) is 9.47. The predicted octanol–water partition coefficient (Wildman–Crippen LogP) is 6.96. The molecule has 12 heteroatoms. The molecule has 0 bridgehead atoms. The molecule has 0 unspecified atom stereocenters. The van der Waals surface area contributed by atoms with Crippen LogP contribution in [0.1, 0.15) is 45.6 Å². The fourth-order valence-electron chi connectivity index (χ4n) is 4.42. The fraction of sp³-hybridized carbons (Fsp3) is 0.355. The monoisotopic (exact) mass is 667 g/mol. The van der Waals surface area contributed by atoms with Crippen LogP contribution in [0.5, 0.6) is 5.75 Å². The lowest BCUT2D eigenvalue weighted by Gasteiger charge is -2.33. The highest BCUT2D eigenvalue weighted by atomic mass is 35.5. The molecule has 8 nitrogen and oxygen atoms in total. The summed E-state index contributed by atoms with van der Waals surface area (Å²) in [5.41, 5.74) is 0.690. The van der Waals surface area contributed by atoms with E-state index >= 15 is 0 Å². The van der Waals surface area contributed by atoms with Gasteiger partial charge in [0.2, 0.25) is 11.8 Å². The molecule has 0 spiro atoms. The molecule has 43 heavy (non-hydrogen) atoms. The highest BCUT2D eigenvalue weighted by molar-refractivity contribution is 7.92. The van der Waals surface area contributed by atoms with E-state index in [0.717, 1.165) is 17.1 Å². The number of benzene rings is 3. The third-order valence-electron chi connectivity index (χ3n) is 6.72. The molecule has 0 saturated carbocycles. The first-order valence-corrected chi connectivity index (χ1v) is 16.6. The number of rotatable bonds is 15. The van der Waals surface area contributed by atoms with Gasteiger partial charge < -0.3 is 15.0 Å². The van der Waals surface area contributed by atoms with Crippen LogP contribution in [0.3, 0.4) is 0 Å². The Morgan fingerprint density at radius 1 is 0.907 bits per heavy atom. The number of hydrogen-bond acceptors (Lipinski definition) is 5. The summed E-state index contributed by atoms with van der Waals surface area (Å²) in [5, 5.41) is 3.90. The molecular formula is C31H36Cl3N3O5S. The van der Waals surface area contributed by atoms with Gasteiger partial charge in [0, 0.05) is 33.7 Å². The molecule has 3 aromatic carbocycles. The Hall–Kier alpha value is -2.98. The molecule has 1 N–H and O–H groups in total. The van der Waals surface area contributed by atoms with Crippen LogP contribution in [0, 0.1) is 0 Å². The summed E-state index contributed by atoms with van der Waals surface area (Å²) < 4.78 is 34.5. The van der Waals surface area contributed by atoms with E-state index in [9.17, 15) is 18.0 Å². The first kappa shape index (κ1) is 34.5. The maximum atomic E-state index is 14.2. The second-order valence-corrected chi connectivity index (χ2v) is 12.8. The Kier molecular flexibility index (Phi) is 13.0. The van der Waals surface area contributed by atoms with Crippen molar-refractivity contribution in [3.05, 3.63) is 87.4 Å². The molecule has 0 aliphatic rings. The summed E-state index contributed by atoms with van der Waals surface area (Å²) in [5.74, 6) is -0.410. The molecule has 3 aromatic rings. The SMILES string of the molecule is CCCCNC(=O)[C@@H](CC)N(Cc1c(Cl)cccc1Cl)C(=O)CN(c1ccc(OCC)cc1)S(=O)(=O)c1ccc(Cl)cc1. The summed E-state index contributed by atoms with van der Waals surface area (Å²) in [6.45, 7) is 5.82. The number of nitrogens with zero attached hydrogens (tertiary/aromatic N) is 2. The largest absolute Gasteiger partial charge is 0.494 e. The van der Waals surface area contributed by atoms with E-state index in [4.69, 9.17) is 39.5 Å². The Morgan fingerprint density at radius 3 is 2.09 bits per heavy atom. The van der Waals surface area contributed by atoms with Crippen LogP contribution in [-0.2, 0) is 26.2 Å². The van der Waals surface area contributed by atoms with E-state index in [0.29, 0.717) is 39.5 Å². The zero-order valence-electron chi connectivity index (χ0n) is 24.4. The van der Waals surface area contributed by atoms with E-state index in [2.05, 4.69) is 5.32 Å². The molecule has 3 rings (SSSR count). The van der Waals surface area contributed by atoms with Gasteiger partial charge in [0.1, 0.15) is 18.3 Å². The maximum absolute atomic E-state index is 14.2. The average Bonchev–Trinajstić information content (AvgIpc) is 2.98. The van der Waals surface area contributed by atoms with Crippen LogP contribution in [0.25, 0.3) is 0 Å². The number of anilines is 1. The molecule has 0 aliphatic carbocycles. The van der Waals surface area contributed by atoms with Crippen molar-refractivity contribution in [3.63, 3.8) is 0 Å². The number of carbonyl (C=O) groups is 2. The molecule has 0 saturated heterocycles. The molecule has 0 aliphatic heterocycles. The Bertz CT molecular complexity index is 1470. The molecule has 232 valence electrons. The normalized spacial score (nSPS) is 12.0. The Labute approximate surface area is 268 Å². The zero-order valence-corrected chi connectivity index (χ0v) is 27.4. The summed E-state index contributed by atoms with van der Waals surface area (Å²) in [6, 6.07) is 16.1. The smallest absolute Gasteiger partial charge is 0.264 e. The van der Waals surface area contributed by atoms with Gasteiger partial charge in [-0.1, -0.05) is 61.1 Å². The topological polar surface area (TPSA) is 96.0 Å². The third kappa shape index (κ3) is 9.01.